The fourth-order valence-corrected chi connectivity index (χ4v) is 2.75. The maximum Gasteiger partial charge on any atom is 0.0400 e. The number of hydrogen-bond acceptors (Lipinski definition) is 1. The molecule has 0 fully saturated rings. The molecule has 0 bridgehead atoms. The zero-order chi connectivity index (χ0) is 14.8. The smallest absolute Gasteiger partial charge is 0.0400 e. The van der Waals surface area contributed by atoms with Gasteiger partial charge in [-0.05, 0) is 36.6 Å². The van der Waals surface area contributed by atoms with E-state index in [4.69, 9.17) is 5.73 Å². The molecule has 0 aliphatic carbocycles. The quantitative estimate of drug-likeness (QED) is 0.636. The standard InChI is InChI=1S/C20H19N/c1-14-6-3-8-16(12-14)18-10-5-11-19(21)20(18)17-9-4-7-15(2)13-17/h3-13H,21H2,1-2H3. The number of hydrogen-bond donors (Lipinski definition) is 1. The Labute approximate surface area is 126 Å². The lowest BCUT2D eigenvalue weighted by Gasteiger charge is -2.14. The van der Waals surface area contributed by atoms with Crippen molar-refractivity contribution >= 4 is 5.69 Å². The molecular weight excluding hydrogens is 254 g/mol. The van der Waals surface area contributed by atoms with Gasteiger partial charge in [0.25, 0.3) is 0 Å². The lowest BCUT2D eigenvalue weighted by molar-refractivity contribution is 1.45. The number of anilines is 1. The van der Waals surface area contributed by atoms with Crippen molar-refractivity contribution in [3.8, 4) is 22.3 Å². The average molecular weight is 273 g/mol. The predicted octanol–water partition coefficient (Wildman–Crippen LogP) is 5.22. The van der Waals surface area contributed by atoms with Crippen molar-refractivity contribution in [3.63, 3.8) is 0 Å². The lowest BCUT2D eigenvalue weighted by Crippen LogP contribution is -1.94. The van der Waals surface area contributed by atoms with Gasteiger partial charge in [-0.25, -0.2) is 0 Å². The van der Waals surface area contributed by atoms with Gasteiger partial charge in [0.2, 0.25) is 0 Å². The molecule has 0 aliphatic rings. The molecule has 0 aliphatic heterocycles. The summed E-state index contributed by atoms with van der Waals surface area (Å²) in [6, 6.07) is 23.2. The Morgan fingerprint density at radius 3 is 1.90 bits per heavy atom. The van der Waals surface area contributed by atoms with E-state index in [0.29, 0.717) is 0 Å². The second kappa shape index (κ2) is 5.45. The van der Waals surface area contributed by atoms with E-state index in [1.807, 2.05) is 12.1 Å². The van der Waals surface area contributed by atoms with Crippen LogP contribution in [0.15, 0.2) is 66.7 Å². The number of rotatable bonds is 2. The lowest BCUT2D eigenvalue weighted by atomic mass is 9.92. The summed E-state index contributed by atoms with van der Waals surface area (Å²) in [4.78, 5) is 0. The van der Waals surface area contributed by atoms with Gasteiger partial charge in [-0.3, -0.25) is 0 Å². The van der Waals surface area contributed by atoms with Crippen LogP contribution in [0.25, 0.3) is 22.3 Å². The van der Waals surface area contributed by atoms with Crippen molar-refractivity contribution in [2.45, 2.75) is 13.8 Å². The van der Waals surface area contributed by atoms with Gasteiger partial charge in [-0.2, -0.15) is 0 Å². The molecule has 0 spiro atoms. The normalized spacial score (nSPS) is 10.6. The predicted molar refractivity (Wildman–Crippen MR) is 91.2 cm³/mol. The van der Waals surface area contributed by atoms with Gasteiger partial charge >= 0.3 is 0 Å². The van der Waals surface area contributed by atoms with Crippen molar-refractivity contribution in [2.24, 2.45) is 0 Å². The van der Waals surface area contributed by atoms with E-state index < -0.39 is 0 Å². The molecule has 0 saturated heterocycles. The average Bonchev–Trinajstić information content (AvgIpc) is 2.47. The Kier molecular flexibility index (Phi) is 3.49. The second-order valence-corrected chi connectivity index (χ2v) is 5.51. The van der Waals surface area contributed by atoms with Crippen LogP contribution in [0.2, 0.25) is 0 Å². The van der Waals surface area contributed by atoms with Crippen LogP contribution in [-0.2, 0) is 0 Å². The third-order valence-corrected chi connectivity index (χ3v) is 3.73. The first-order chi connectivity index (χ1) is 10.1. The molecule has 0 aromatic heterocycles. The number of aryl methyl sites for hydroxylation is 2. The van der Waals surface area contributed by atoms with Crippen molar-refractivity contribution in [2.75, 3.05) is 5.73 Å². The Balaban J connectivity index is 2.25. The van der Waals surface area contributed by atoms with Crippen LogP contribution < -0.4 is 5.73 Å². The molecule has 104 valence electrons. The van der Waals surface area contributed by atoms with E-state index in [1.54, 1.807) is 0 Å². The van der Waals surface area contributed by atoms with Crippen molar-refractivity contribution in [1.82, 2.24) is 0 Å². The maximum absolute atomic E-state index is 6.28. The highest BCUT2D eigenvalue weighted by Gasteiger charge is 2.10. The summed E-state index contributed by atoms with van der Waals surface area (Å²) < 4.78 is 0. The van der Waals surface area contributed by atoms with Crippen LogP contribution in [0.4, 0.5) is 5.69 Å². The van der Waals surface area contributed by atoms with E-state index in [2.05, 4.69) is 68.4 Å². The molecule has 3 aromatic carbocycles. The largest absolute Gasteiger partial charge is 0.398 e. The van der Waals surface area contributed by atoms with Crippen molar-refractivity contribution < 1.29 is 0 Å². The van der Waals surface area contributed by atoms with Gasteiger partial charge in [0.1, 0.15) is 0 Å². The minimum absolute atomic E-state index is 0.819. The third kappa shape index (κ3) is 2.68. The molecule has 0 heterocycles. The molecule has 3 aromatic rings. The summed E-state index contributed by atoms with van der Waals surface area (Å²) in [5, 5.41) is 0. The zero-order valence-electron chi connectivity index (χ0n) is 12.4. The van der Waals surface area contributed by atoms with Gasteiger partial charge in [0.05, 0.1) is 0 Å². The molecule has 1 nitrogen and oxygen atoms in total. The van der Waals surface area contributed by atoms with E-state index in [1.165, 1.54) is 27.8 Å². The first kappa shape index (κ1) is 13.4. The maximum atomic E-state index is 6.28. The first-order valence-corrected chi connectivity index (χ1v) is 7.18. The fourth-order valence-electron chi connectivity index (χ4n) is 2.75. The third-order valence-electron chi connectivity index (χ3n) is 3.73. The van der Waals surface area contributed by atoms with Crippen molar-refractivity contribution in [1.29, 1.82) is 0 Å². The van der Waals surface area contributed by atoms with Crippen LogP contribution >= 0.6 is 0 Å². The SMILES string of the molecule is Cc1cccc(-c2cccc(N)c2-c2cccc(C)c2)c1. The highest BCUT2D eigenvalue weighted by Crippen LogP contribution is 2.36. The van der Waals surface area contributed by atoms with Crippen LogP contribution in [0.5, 0.6) is 0 Å². The zero-order valence-corrected chi connectivity index (χ0v) is 12.4. The summed E-state index contributed by atoms with van der Waals surface area (Å²) in [7, 11) is 0. The monoisotopic (exact) mass is 273 g/mol. The Morgan fingerprint density at radius 2 is 1.24 bits per heavy atom. The van der Waals surface area contributed by atoms with Gasteiger partial charge in [-0.1, -0.05) is 71.8 Å². The Hall–Kier alpha value is -2.54. The topological polar surface area (TPSA) is 26.0 Å². The second-order valence-electron chi connectivity index (χ2n) is 5.51. The van der Waals surface area contributed by atoms with Crippen LogP contribution in [0, 0.1) is 13.8 Å². The van der Waals surface area contributed by atoms with Gasteiger partial charge in [-0.15, -0.1) is 0 Å². The number of nitrogens with two attached hydrogens (primary N) is 1. The minimum Gasteiger partial charge on any atom is -0.398 e. The summed E-state index contributed by atoms with van der Waals surface area (Å²) in [6.07, 6.45) is 0. The molecule has 0 amide bonds. The highest BCUT2D eigenvalue weighted by atomic mass is 14.6. The fraction of sp³-hybridized carbons (Fsp3) is 0.100. The highest BCUT2D eigenvalue weighted by molar-refractivity contribution is 5.91. The van der Waals surface area contributed by atoms with Gasteiger partial charge in [0.15, 0.2) is 0 Å². The molecule has 0 radical (unpaired) electrons. The number of benzene rings is 3. The summed E-state index contributed by atoms with van der Waals surface area (Å²) >= 11 is 0. The minimum atomic E-state index is 0.819. The summed E-state index contributed by atoms with van der Waals surface area (Å²) in [6.45, 7) is 4.22. The summed E-state index contributed by atoms with van der Waals surface area (Å²) in [5.41, 5.74) is 14.3. The Bertz CT molecular complexity index is 787. The van der Waals surface area contributed by atoms with Crippen LogP contribution in [-0.4, -0.2) is 0 Å². The van der Waals surface area contributed by atoms with E-state index in [9.17, 15) is 0 Å². The molecule has 0 atom stereocenters. The Morgan fingerprint density at radius 1 is 0.667 bits per heavy atom. The summed E-state index contributed by atoms with van der Waals surface area (Å²) in [5.74, 6) is 0. The van der Waals surface area contributed by atoms with Crippen LogP contribution in [0.1, 0.15) is 11.1 Å². The van der Waals surface area contributed by atoms with E-state index in [0.717, 1.165) is 11.3 Å². The molecule has 0 unspecified atom stereocenters. The molecule has 1 heteroatoms. The molecular formula is C20H19N. The van der Waals surface area contributed by atoms with E-state index >= 15 is 0 Å². The first-order valence-electron chi connectivity index (χ1n) is 7.18. The van der Waals surface area contributed by atoms with Crippen molar-refractivity contribution in [3.05, 3.63) is 77.9 Å². The van der Waals surface area contributed by atoms with E-state index in [-0.39, 0.29) is 0 Å². The molecule has 3 rings (SSSR count). The molecule has 2 N–H and O–H groups in total. The number of nitrogen functional groups attached to an aromatic ring is 1. The van der Waals surface area contributed by atoms with Gasteiger partial charge < -0.3 is 5.73 Å². The van der Waals surface area contributed by atoms with Gasteiger partial charge in [0, 0.05) is 11.3 Å². The van der Waals surface area contributed by atoms with Crippen LogP contribution in [0.3, 0.4) is 0 Å². The molecule has 0 saturated carbocycles. The molecule has 21 heavy (non-hydrogen) atoms.